The summed E-state index contributed by atoms with van der Waals surface area (Å²) in [7, 11) is 0. The number of nitrogens with one attached hydrogen (secondary N) is 2. The van der Waals surface area contributed by atoms with Gasteiger partial charge < -0.3 is 10.6 Å². The van der Waals surface area contributed by atoms with Crippen LogP contribution in [0, 0.1) is 13.8 Å². The van der Waals surface area contributed by atoms with E-state index >= 15 is 0 Å². The molecule has 0 spiro atoms. The van der Waals surface area contributed by atoms with Gasteiger partial charge in [0.15, 0.2) is 0 Å². The average molecular weight is 405 g/mol. The summed E-state index contributed by atoms with van der Waals surface area (Å²) >= 11 is 1.50. The second kappa shape index (κ2) is 9.34. The van der Waals surface area contributed by atoms with E-state index in [1.54, 1.807) is 18.2 Å². The van der Waals surface area contributed by atoms with Crippen molar-refractivity contribution in [3.05, 3.63) is 92.8 Å². The Bertz CT molecular complexity index is 1050. The number of carbonyl (C=O) groups excluding carboxylic acids is 2. The Balaban J connectivity index is 1.90. The van der Waals surface area contributed by atoms with Gasteiger partial charge in [-0.3, -0.25) is 9.59 Å². The first kappa shape index (κ1) is 20.6. The molecule has 3 aromatic rings. The van der Waals surface area contributed by atoms with Crippen LogP contribution in [0.5, 0.6) is 0 Å². The predicted molar refractivity (Wildman–Crippen MR) is 120 cm³/mol. The predicted octanol–water partition coefficient (Wildman–Crippen LogP) is 5.34. The van der Waals surface area contributed by atoms with Crippen LogP contribution in [0.15, 0.2) is 65.7 Å². The van der Waals surface area contributed by atoms with E-state index in [0.29, 0.717) is 5.56 Å². The minimum atomic E-state index is -0.344. The van der Waals surface area contributed by atoms with Crippen molar-refractivity contribution in [3.8, 4) is 0 Å². The van der Waals surface area contributed by atoms with Crippen molar-refractivity contribution in [2.45, 2.75) is 27.2 Å². The van der Waals surface area contributed by atoms with E-state index in [4.69, 9.17) is 0 Å². The largest absolute Gasteiger partial charge is 0.320 e. The molecular weight excluding hydrogens is 380 g/mol. The summed E-state index contributed by atoms with van der Waals surface area (Å²) in [6.07, 6.45) is 2.51. The van der Waals surface area contributed by atoms with Gasteiger partial charge in [0.05, 0.1) is 0 Å². The van der Waals surface area contributed by atoms with Gasteiger partial charge in [0, 0.05) is 16.1 Å². The van der Waals surface area contributed by atoms with Crippen LogP contribution in [0.4, 0.5) is 5.69 Å². The molecule has 0 unspecified atom stereocenters. The number of carbonyl (C=O) groups is 2. The maximum atomic E-state index is 13.1. The standard InChI is InChI=1S/C24H24N2O2S/c1-4-18-10-6-9-17(3)22(18)26-24(28)21(15-20-12-7-13-29-20)25-23(27)19-11-5-8-16(2)14-19/h5-15H,4H2,1-3H3,(H,25,27)(H,26,28)/b21-15-. The quantitative estimate of drug-likeness (QED) is 0.545. The molecular formula is C24H24N2O2S. The van der Waals surface area contributed by atoms with Crippen molar-refractivity contribution in [1.29, 1.82) is 0 Å². The van der Waals surface area contributed by atoms with Crippen molar-refractivity contribution < 1.29 is 9.59 Å². The first-order chi connectivity index (χ1) is 14.0. The highest BCUT2D eigenvalue weighted by atomic mass is 32.1. The highest BCUT2D eigenvalue weighted by Crippen LogP contribution is 2.22. The lowest BCUT2D eigenvalue weighted by Gasteiger charge is -2.15. The number of para-hydroxylation sites is 1. The third-order valence-electron chi connectivity index (χ3n) is 4.58. The number of hydrogen-bond acceptors (Lipinski definition) is 3. The van der Waals surface area contributed by atoms with Crippen molar-refractivity contribution in [3.63, 3.8) is 0 Å². The maximum absolute atomic E-state index is 13.1. The summed E-state index contributed by atoms with van der Waals surface area (Å²) in [5, 5.41) is 7.72. The van der Waals surface area contributed by atoms with Gasteiger partial charge >= 0.3 is 0 Å². The minimum Gasteiger partial charge on any atom is -0.320 e. The van der Waals surface area contributed by atoms with Gasteiger partial charge in [0.25, 0.3) is 11.8 Å². The molecule has 3 rings (SSSR count). The Morgan fingerprint density at radius 3 is 2.52 bits per heavy atom. The smallest absolute Gasteiger partial charge is 0.272 e. The zero-order chi connectivity index (χ0) is 20.8. The van der Waals surface area contributed by atoms with Crippen molar-refractivity contribution >= 4 is 34.9 Å². The molecule has 0 aliphatic rings. The van der Waals surface area contributed by atoms with Crippen molar-refractivity contribution in [1.82, 2.24) is 5.32 Å². The number of rotatable bonds is 6. The molecule has 148 valence electrons. The zero-order valence-corrected chi connectivity index (χ0v) is 17.6. The molecule has 0 atom stereocenters. The van der Waals surface area contributed by atoms with Gasteiger partial charge in [-0.1, -0.05) is 48.9 Å². The summed E-state index contributed by atoms with van der Waals surface area (Å²) in [5.41, 5.74) is 4.54. The highest BCUT2D eigenvalue weighted by molar-refractivity contribution is 7.10. The number of benzene rings is 2. The topological polar surface area (TPSA) is 58.2 Å². The Morgan fingerprint density at radius 1 is 1.03 bits per heavy atom. The molecule has 1 heterocycles. The summed E-state index contributed by atoms with van der Waals surface area (Å²) in [4.78, 5) is 26.7. The molecule has 0 bridgehead atoms. The SMILES string of the molecule is CCc1cccc(C)c1NC(=O)/C(=C/c1cccs1)NC(=O)c1cccc(C)c1. The van der Waals surface area contributed by atoms with Crippen LogP contribution < -0.4 is 10.6 Å². The molecule has 2 aromatic carbocycles. The number of hydrogen-bond donors (Lipinski definition) is 2. The second-order valence-corrected chi connectivity index (χ2v) is 7.79. The fraction of sp³-hybridized carbons (Fsp3) is 0.167. The number of amides is 2. The molecule has 4 nitrogen and oxygen atoms in total. The second-order valence-electron chi connectivity index (χ2n) is 6.81. The fourth-order valence-electron chi connectivity index (χ4n) is 3.04. The van der Waals surface area contributed by atoms with E-state index in [9.17, 15) is 9.59 Å². The van der Waals surface area contributed by atoms with Gasteiger partial charge in [-0.2, -0.15) is 0 Å². The summed E-state index contributed by atoms with van der Waals surface area (Å²) < 4.78 is 0. The van der Waals surface area contributed by atoms with Crippen LogP contribution >= 0.6 is 11.3 Å². The molecule has 0 aliphatic heterocycles. The lowest BCUT2D eigenvalue weighted by molar-refractivity contribution is -0.113. The molecule has 5 heteroatoms. The summed E-state index contributed by atoms with van der Waals surface area (Å²) in [6, 6.07) is 17.0. The molecule has 0 aliphatic carbocycles. The van der Waals surface area contributed by atoms with Gasteiger partial charge in [-0.05, 0) is 61.1 Å². The molecule has 2 N–H and O–H groups in total. The van der Waals surface area contributed by atoms with Crippen molar-refractivity contribution in [2.75, 3.05) is 5.32 Å². The Hall–Kier alpha value is -3.18. The number of anilines is 1. The number of aryl methyl sites for hydroxylation is 3. The third-order valence-corrected chi connectivity index (χ3v) is 5.40. The van der Waals surface area contributed by atoms with E-state index in [-0.39, 0.29) is 17.5 Å². The van der Waals surface area contributed by atoms with Gasteiger partial charge in [0.1, 0.15) is 5.70 Å². The fourth-order valence-corrected chi connectivity index (χ4v) is 3.70. The molecule has 2 amide bonds. The lowest BCUT2D eigenvalue weighted by Crippen LogP contribution is -2.31. The minimum absolute atomic E-state index is 0.212. The summed E-state index contributed by atoms with van der Waals surface area (Å²) in [5.74, 6) is -0.657. The van der Waals surface area contributed by atoms with Crippen LogP contribution in [-0.2, 0) is 11.2 Å². The van der Waals surface area contributed by atoms with Crippen molar-refractivity contribution in [2.24, 2.45) is 0 Å². The highest BCUT2D eigenvalue weighted by Gasteiger charge is 2.17. The van der Waals surface area contributed by atoms with E-state index in [2.05, 4.69) is 10.6 Å². The molecule has 29 heavy (non-hydrogen) atoms. The van der Waals surface area contributed by atoms with E-state index < -0.39 is 0 Å². The van der Waals surface area contributed by atoms with Gasteiger partial charge in [-0.25, -0.2) is 0 Å². The van der Waals surface area contributed by atoms with Gasteiger partial charge in [-0.15, -0.1) is 11.3 Å². The normalized spacial score (nSPS) is 11.2. The van der Waals surface area contributed by atoms with E-state index in [0.717, 1.165) is 33.7 Å². The van der Waals surface area contributed by atoms with Gasteiger partial charge in [0.2, 0.25) is 0 Å². The molecule has 1 aromatic heterocycles. The molecule has 0 fully saturated rings. The Kier molecular flexibility index (Phi) is 6.62. The van der Waals surface area contributed by atoms with E-state index in [1.165, 1.54) is 11.3 Å². The van der Waals surface area contributed by atoms with Crippen LogP contribution in [0.2, 0.25) is 0 Å². The lowest BCUT2D eigenvalue weighted by atomic mass is 10.1. The molecule has 0 saturated carbocycles. The average Bonchev–Trinajstić information content (AvgIpc) is 3.22. The van der Waals surface area contributed by atoms with E-state index in [1.807, 2.05) is 68.6 Å². The first-order valence-electron chi connectivity index (χ1n) is 9.51. The van der Waals surface area contributed by atoms with Crippen LogP contribution in [0.3, 0.4) is 0 Å². The Morgan fingerprint density at radius 2 is 1.83 bits per heavy atom. The van der Waals surface area contributed by atoms with Crippen LogP contribution in [-0.4, -0.2) is 11.8 Å². The number of thiophene rings is 1. The molecule has 0 radical (unpaired) electrons. The molecule has 0 saturated heterocycles. The maximum Gasteiger partial charge on any atom is 0.272 e. The summed E-state index contributed by atoms with van der Waals surface area (Å²) in [6.45, 7) is 5.94. The van der Waals surface area contributed by atoms with Crippen LogP contribution in [0.25, 0.3) is 6.08 Å². The zero-order valence-electron chi connectivity index (χ0n) is 16.8. The third kappa shape index (κ3) is 5.21. The van der Waals surface area contributed by atoms with Crippen LogP contribution in [0.1, 0.15) is 38.8 Å². The Labute approximate surface area is 175 Å². The first-order valence-corrected chi connectivity index (χ1v) is 10.4. The monoisotopic (exact) mass is 404 g/mol.